The van der Waals surface area contributed by atoms with Crippen LogP contribution < -0.4 is 4.74 Å². The van der Waals surface area contributed by atoms with E-state index in [0.29, 0.717) is 5.02 Å². The molecule has 0 aliphatic carbocycles. The molecule has 0 amide bonds. The molecule has 0 fully saturated rings. The molecule has 0 spiro atoms. The second-order valence-corrected chi connectivity index (χ2v) is 6.61. The summed E-state index contributed by atoms with van der Waals surface area (Å²) in [4.78, 5) is 0. The molecule has 0 bridgehead atoms. The van der Waals surface area contributed by atoms with Crippen LogP contribution in [0.3, 0.4) is 0 Å². The first-order chi connectivity index (χ1) is 8.95. The average Bonchev–Trinajstić information content (AvgIpc) is 2.38. The number of hydrogen-bond acceptors (Lipinski definition) is 2. The number of benzene rings is 2. The van der Waals surface area contributed by atoms with E-state index in [-0.39, 0.29) is 0 Å². The zero-order chi connectivity index (χ0) is 14.0. The number of methoxy groups -OCH3 is 1. The summed E-state index contributed by atoms with van der Waals surface area (Å²) in [6, 6.07) is 13.7. The van der Waals surface area contributed by atoms with E-state index in [9.17, 15) is 0 Å². The highest BCUT2D eigenvalue weighted by molar-refractivity contribution is 9.10. The van der Waals surface area contributed by atoms with Crippen molar-refractivity contribution < 1.29 is 4.74 Å². The van der Waals surface area contributed by atoms with Crippen molar-refractivity contribution in [2.45, 2.75) is 11.7 Å². The van der Waals surface area contributed by atoms with Crippen LogP contribution in [0.15, 0.2) is 46.9 Å². The normalized spacial score (nSPS) is 13.9. The molecule has 0 saturated heterocycles. The fourth-order valence-electron chi connectivity index (χ4n) is 1.96. The van der Waals surface area contributed by atoms with E-state index >= 15 is 0 Å². The van der Waals surface area contributed by atoms with Crippen molar-refractivity contribution in [2.75, 3.05) is 7.11 Å². The van der Waals surface area contributed by atoms with Crippen molar-refractivity contribution >= 4 is 40.2 Å². The molecule has 1 unspecified atom stereocenters. The third kappa shape index (κ3) is 3.10. The molecule has 1 nitrogen and oxygen atoms in total. The minimum absolute atomic E-state index is 0.407. The molecule has 0 N–H and O–H groups in total. The van der Waals surface area contributed by atoms with Crippen molar-refractivity contribution in [3.05, 3.63) is 63.1 Å². The largest absolute Gasteiger partial charge is 0.497 e. The predicted molar refractivity (Wildman–Crippen MR) is 87.6 cm³/mol. The van der Waals surface area contributed by atoms with Gasteiger partial charge in [-0.25, -0.2) is 0 Å². The fourth-order valence-corrected chi connectivity index (χ4v) is 3.53. The third-order valence-electron chi connectivity index (χ3n) is 3.11. The molecule has 19 heavy (non-hydrogen) atoms. The molecule has 2 aromatic rings. The van der Waals surface area contributed by atoms with Gasteiger partial charge in [0.15, 0.2) is 0 Å². The molecule has 0 aliphatic rings. The first kappa shape index (κ1) is 14.8. The lowest BCUT2D eigenvalue weighted by molar-refractivity contribution is 0.414. The Hall–Kier alpha value is -0.640. The van der Waals surface area contributed by atoms with Crippen LogP contribution in [0.5, 0.6) is 5.75 Å². The molecular weight excluding hydrogens is 344 g/mol. The Bertz CT molecular complexity index is 581. The van der Waals surface area contributed by atoms with Crippen LogP contribution in [-0.2, 0) is 4.75 Å². The highest BCUT2D eigenvalue weighted by atomic mass is 79.9. The Morgan fingerprint density at radius 2 is 1.79 bits per heavy atom. The van der Waals surface area contributed by atoms with Crippen LogP contribution in [0, 0.1) is 0 Å². The van der Waals surface area contributed by atoms with Crippen molar-refractivity contribution in [1.82, 2.24) is 0 Å². The standard InChI is InChI=1S/C15H14BrClOS/c1-15(19,10-3-6-12(18-2)7-4-10)13-8-5-11(17)9-14(13)16/h3-9,19H,1-2H3. The van der Waals surface area contributed by atoms with E-state index in [1.54, 1.807) is 7.11 Å². The van der Waals surface area contributed by atoms with E-state index in [0.717, 1.165) is 21.3 Å². The molecule has 0 radical (unpaired) electrons. The molecule has 2 aromatic carbocycles. The summed E-state index contributed by atoms with van der Waals surface area (Å²) >= 11 is 14.4. The van der Waals surface area contributed by atoms with Crippen LogP contribution >= 0.6 is 40.2 Å². The monoisotopic (exact) mass is 356 g/mol. The van der Waals surface area contributed by atoms with Gasteiger partial charge in [-0.15, -0.1) is 0 Å². The van der Waals surface area contributed by atoms with Gasteiger partial charge >= 0.3 is 0 Å². The molecule has 0 aromatic heterocycles. The SMILES string of the molecule is COc1ccc(C(C)(S)c2ccc(Cl)cc2Br)cc1. The van der Waals surface area contributed by atoms with Gasteiger partial charge in [0, 0.05) is 9.50 Å². The lowest BCUT2D eigenvalue weighted by Gasteiger charge is -2.26. The molecule has 1 atom stereocenters. The number of halogens is 2. The first-order valence-electron chi connectivity index (χ1n) is 5.77. The quantitative estimate of drug-likeness (QED) is 0.733. The van der Waals surface area contributed by atoms with E-state index in [4.69, 9.17) is 29.0 Å². The van der Waals surface area contributed by atoms with Crippen molar-refractivity contribution in [3.63, 3.8) is 0 Å². The molecule has 0 heterocycles. The Morgan fingerprint density at radius 3 is 2.32 bits per heavy atom. The minimum atomic E-state index is -0.407. The van der Waals surface area contributed by atoms with Crippen LogP contribution in [0.25, 0.3) is 0 Å². The number of thiol groups is 1. The van der Waals surface area contributed by atoms with Gasteiger partial charge in [0.1, 0.15) is 5.75 Å². The van der Waals surface area contributed by atoms with E-state index in [1.165, 1.54) is 0 Å². The maximum absolute atomic E-state index is 5.98. The number of hydrogen-bond donors (Lipinski definition) is 1. The summed E-state index contributed by atoms with van der Waals surface area (Å²) in [6.07, 6.45) is 0. The summed E-state index contributed by atoms with van der Waals surface area (Å²) in [5, 5.41) is 0.703. The van der Waals surface area contributed by atoms with Gasteiger partial charge in [-0.3, -0.25) is 0 Å². The highest BCUT2D eigenvalue weighted by Crippen LogP contribution is 2.40. The summed E-state index contributed by atoms with van der Waals surface area (Å²) < 4.78 is 5.72. The Kier molecular flexibility index (Phi) is 4.49. The van der Waals surface area contributed by atoms with E-state index in [2.05, 4.69) is 22.9 Å². The molecule has 4 heteroatoms. The molecule has 100 valence electrons. The third-order valence-corrected chi connectivity index (χ3v) is 4.50. The van der Waals surface area contributed by atoms with Crippen LogP contribution in [0.1, 0.15) is 18.1 Å². The number of ether oxygens (including phenoxy) is 1. The second-order valence-electron chi connectivity index (χ2n) is 4.42. The molecule has 2 rings (SSSR count). The predicted octanol–water partition coefficient (Wildman–Crippen LogP) is 5.30. The zero-order valence-electron chi connectivity index (χ0n) is 10.7. The van der Waals surface area contributed by atoms with Gasteiger partial charge in [0.2, 0.25) is 0 Å². The average molecular weight is 358 g/mol. The zero-order valence-corrected chi connectivity index (χ0v) is 13.9. The first-order valence-corrected chi connectivity index (χ1v) is 7.39. The van der Waals surface area contributed by atoms with Gasteiger partial charge in [-0.2, -0.15) is 12.6 Å². The lowest BCUT2D eigenvalue weighted by atomic mass is 9.92. The summed E-state index contributed by atoms with van der Waals surface area (Å²) in [5.74, 6) is 0.836. The van der Waals surface area contributed by atoms with Gasteiger partial charge < -0.3 is 4.74 Å². The Morgan fingerprint density at radius 1 is 1.16 bits per heavy atom. The van der Waals surface area contributed by atoms with Crippen LogP contribution in [0.2, 0.25) is 5.02 Å². The van der Waals surface area contributed by atoms with Crippen molar-refractivity contribution in [1.29, 1.82) is 0 Å². The Balaban J connectivity index is 2.45. The summed E-state index contributed by atoms with van der Waals surface area (Å²) in [7, 11) is 1.66. The highest BCUT2D eigenvalue weighted by Gasteiger charge is 2.26. The number of rotatable bonds is 3. The Labute approximate surface area is 132 Å². The summed E-state index contributed by atoms with van der Waals surface area (Å²) in [6.45, 7) is 2.06. The molecule has 0 aliphatic heterocycles. The smallest absolute Gasteiger partial charge is 0.118 e. The van der Waals surface area contributed by atoms with E-state index in [1.807, 2.05) is 42.5 Å². The van der Waals surface area contributed by atoms with Crippen LogP contribution in [-0.4, -0.2) is 7.11 Å². The molecular formula is C15H14BrClOS. The fraction of sp³-hybridized carbons (Fsp3) is 0.200. The van der Waals surface area contributed by atoms with Gasteiger partial charge in [-0.1, -0.05) is 45.7 Å². The second kappa shape index (κ2) is 5.78. The van der Waals surface area contributed by atoms with Gasteiger partial charge in [0.05, 0.1) is 11.9 Å². The maximum Gasteiger partial charge on any atom is 0.118 e. The topological polar surface area (TPSA) is 9.23 Å². The minimum Gasteiger partial charge on any atom is -0.497 e. The van der Waals surface area contributed by atoms with E-state index < -0.39 is 4.75 Å². The summed E-state index contributed by atoms with van der Waals surface area (Å²) in [5.41, 5.74) is 2.17. The van der Waals surface area contributed by atoms with Crippen molar-refractivity contribution in [2.24, 2.45) is 0 Å². The molecule has 0 saturated carbocycles. The maximum atomic E-state index is 5.98. The van der Waals surface area contributed by atoms with Gasteiger partial charge in [0.25, 0.3) is 0 Å². The van der Waals surface area contributed by atoms with Gasteiger partial charge in [-0.05, 0) is 42.3 Å². The van der Waals surface area contributed by atoms with Crippen molar-refractivity contribution in [3.8, 4) is 5.75 Å². The van der Waals surface area contributed by atoms with Crippen LogP contribution in [0.4, 0.5) is 0 Å². The lowest BCUT2D eigenvalue weighted by Crippen LogP contribution is -2.16.